The van der Waals surface area contributed by atoms with Crippen LogP contribution in [-0.4, -0.2) is 50.1 Å². The average molecular weight is 242 g/mol. The standard InChI is InChI=1S/C11H22N4O2/c1-3-12-10(16)4-5-13-11(17)9-7-14-8(2)6-15-9/h8-9,14-15H,3-7H2,1-2H3,(H,12,16)(H,13,17). The lowest BCUT2D eigenvalue weighted by molar-refractivity contribution is -0.124. The second kappa shape index (κ2) is 7.24. The predicted molar refractivity (Wildman–Crippen MR) is 65.6 cm³/mol. The van der Waals surface area contributed by atoms with Crippen LogP contribution in [0.5, 0.6) is 0 Å². The van der Waals surface area contributed by atoms with Gasteiger partial charge in [0.05, 0.1) is 6.04 Å². The van der Waals surface area contributed by atoms with Crippen molar-refractivity contribution in [1.82, 2.24) is 21.3 Å². The highest BCUT2D eigenvalue weighted by Gasteiger charge is 2.22. The van der Waals surface area contributed by atoms with E-state index in [1.807, 2.05) is 6.92 Å². The van der Waals surface area contributed by atoms with E-state index < -0.39 is 0 Å². The summed E-state index contributed by atoms with van der Waals surface area (Å²) >= 11 is 0. The molecule has 1 rings (SSSR count). The van der Waals surface area contributed by atoms with Crippen molar-refractivity contribution in [3.05, 3.63) is 0 Å². The second-order valence-electron chi connectivity index (χ2n) is 4.26. The van der Waals surface area contributed by atoms with Crippen LogP contribution in [0.2, 0.25) is 0 Å². The fourth-order valence-electron chi connectivity index (χ4n) is 1.68. The molecule has 0 spiro atoms. The summed E-state index contributed by atoms with van der Waals surface area (Å²) < 4.78 is 0. The molecule has 98 valence electrons. The van der Waals surface area contributed by atoms with Gasteiger partial charge >= 0.3 is 0 Å². The van der Waals surface area contributed by atoms with Crippen molar-refractivity contribution in [3.8, 4) is 0 Å². The summed E-state index contributed by atoms with van der Waals surface area (Å²) in [4.78, 5) is 22.9. The summed E-state index contributed by atoms with van der Waals surface area (Å²) in [7, 11) is 0. The molecule has 4 N–H and O–H groups in total. The molecule has 1 aliphatic rings. The predicted octanol–water partition coefficient (Wildman–Crippen LogP) is -1.42. The molecule has 0 aromatic heterocycles. The van der Waals surface area contributed by atoms with Gasteiger partial charge in [-0.05, 0) is 13.8 Å². The lowest BCUT2D eigenvalue weighted by atomic mass is 10.1. The lowest BCUT2D eigenvalue weighted by Crippen LogP contribution is -2.59. The van der Waals surface area contributed by atoms with Crippen molar-refractivity contribution in [3.63, 3.8) is 0 Å². The van der Waals surface area contributed by atoms with Crippen LogP contribution >= 0.6 is 0 Å². The van der Waals surface area contributed by atoms with Gasteiger partial charge in [0, 0.05) is 38.6 Å². The average Bonchev–Trinajstić information content (AvgIpc) is 2.30. The van der Waals surface area contributed by atoms with E-state index in [4.69, 9.17) is 0 Å². The third-order valence-electron chi connectivity index (χ3n) is 2.68. The van der Waals surface area contributed by atoms with Crippen molar-refractivity contribution < 1.29 is 9.59 Å². The van der Waals surface area contributed by atoms with Gasteiger partial charge in [0.15, 0.2) is 0 Å². The summed E-state index contributed by atoms with van der Waals surface area (Å²) in [5.74, 6) is -0.0788. The molecule has 0 aromatic rings. The molecule has 0 aromatic carbocycles. The largest absolute Gasteiger partial charge is 0.356 e. The fourth-order valence-corrected chi connectivity index (χ4v) is 1.68. The Morgan fingerprint density at radius 1 is 1.24 bits per heavy atom. The van der Waals surface area contributed by atoms with Gasteiger partial charge in [-0.15, -0.1) is 0 Å². The van der Waals surface area contributed by atoms with E-state index in [2.05, 4.69) is 28.2 Å². The van der Waals surface area contributed by atoms with E-state index in [1.165, 1.54) is 0 Å². The summed E-state index contributed by atoms with van der Waals surface area (Å²) in [5, 5.41) is 11.8. The maximum atomic E-state index is 11.7. The van der Waals surface area contributed by atoms with E-state index in [-0.39, 0.29) is 17.9 Å². The summed E-state index contributed by atoms with van der Waals surface area (Å²) in [5.41, 5.74) is 0. The molecule has 6 heteroatoms. The zero-order chi connectivity index (χ0) is 12.7. The number of hydrogen-bond donors (Lipinski definition) is 4. The van der Waals surface area contributed by atoms with Crippen LogP contribution in [0, 0.1) is 0 Å². The van der Waals surface area contributed by atoms with Crippen molar-refractivity contribution in [2.75, 3.05) is 26.2 Å². The van der Waals surface area contributed by atoms with Crippen molar-refractivity contribution in [2.24, 2.45) is 0 Å². The van der Waals surface area contributed by atoms with Crippen molar-refractivity contribution in [2.45, 2.75) is 32.4 Å². The monoisotopic (exact) mass is 242 g/mol. The third kappa shape index (κ3) is 5.14. The van der Waals surface area contributed by atoms with Gasteiger partial charge in [-0.2, -0.15) is 0 Å². The van der Waals surface area contributed by atoms with E-state index in [0.29, 0.717) is 32.1 Å². The van der Waals surface area contributed by atoms with Gasteiger partial charge in [-0.25, -0.2) is 0 Å². The molecule has 0 saturated carbocycles. The van der Waals surface area contributed by atoms with Crippen LogP contribution in [0.3, 0.4) is 0 Å². The van der Waals surface area contributed by atoms with Gasteiger partial charge in [0.2, 0.25) is 11.8 Å². The number of hydrogen-bond acceptors (Lipinski definition) is 4. The topological polar surface area (TPSA) is 82.3 Å². The first-order valence-electron chi connectivity index (χ1n) is 6.14. The Morgan fingerprint density at radius 2 is 2.00 bits per heavy atom. The van der Waals surface area contributed by atoms with E-state index in [9.17, 15) is 9.59 Å². The van der Waals surface area contributed by atoms with Gasteiger partial charge in [0.1, 0.15) is 0 Å². The fraction of sp³-hybridized carbons (Fsp3) is 0.818. The minimum atomic E-state index is -0.194. The van der Waals surface area contributed by atoms with E-state index >= 15 is 0 Å². The Hall–Kier alpha value is -1.14. The van der Waals surface area contributed by atoms with Crippen LogP contribution in [0.15, 0.2) is 0 Å². The Bertz CT molecular complexity index is 262. The molecular formula is C11H22N4O2. The molecule has 0 aliphatic carbocycles. The SMILES string of the molecule is CCNC(=O)CCNC(=O)C1CNC(C)CN1. The number of nitrogens with one attached hydrogen (secondary N) is 4. The quantitative estimate of drug-likeness (QED) is 0.477. The molecule has 0 bridgehead atoms. The maximum absolute atomic E-state index is 11.7. The van der Waals surface area contributed by atoms with Crippen LogP contribution in [-0.2, 0) is 9.59 Å². The summed E-state index contributed by atoms with van der Waals surface area (Å²) in [6.07, 6.45) is 0.329. The minimum Gasteiger partial charge on any atom is -0.356 e. The zero-order valence-corrected chi connectivity index (χ0v) is 10.5. The molecule has 1 aliphatic heterocycles. The van der Waals surface area contributed by atoms with Gasteiger partial charge in [-0.3, -0.25) is 9.59 Å². The van der Waals surface area contributed by atoms with Gasteiger partial charge in [0.25, 0.3) is 0 Å². The molecule has 1 saturated heterocycles. The molecular weight excluding hydrogens is 220 g/mol. The van der Waals surface area contributed by atoms with Gasteiger partial charge < -0.3 is 21.3 Å². The van der Waals surface area contributed by atoms with Crippen LogP contribution < -0.4 is 21.3 Å². The minimum absolute atomic E-state index is 0.0313. The molecule has 2 unspecified atom stereocenters. The highest BCUT2D eigenvalue weighted by molar-refractivity contribution is 5.83. The maximum Gasteiger partial charge on any atom is 0.238 e. The first-order chi connectivity index (χ1) is 8.13. The Balaban J connectivity index is 2.14. The molecule has 1 fully saturated rings. The number of rotatable bonds is 5. The van der Waals surface area contributed by atoms with E-state index in [0.717, 1.165) is 6.54 Å². The lowest BCUT2D eigenvalue weighted by Gasteiger charge is -2.28. The second-order valence-corrected chi connectivity index (χ2v) is 4.26. The van der Waals surface area contributed by atoms with Crippen LogP contribution in [0.25, 0.3) is 0 Å². The van der Waals surface area contributed by atoms with E-state index in [1.54, 1.807) is 0 Å². The Morgan fingerprint density at radius 3 is 2.59 bits per heavy atom. The molecule has 17 heavy (non-hydrogen) atoms. The highest BCUT2D eigenvalue weighted by atomic mass is 16.2. The molecule has 2 amide bonds. The third-order valence-corrected chi connectivity index (χ3v) is 2.68. The van der Waals surface area contributed by atoms with Crippen molar-refractivity contribution >= 4 is 11.8 Å². The number of piperazine rings is 1. The first kappa shape index (κ1) is 13.9. The molecule has 6 nitrogen and oxygen atoms in total. The smallest absolute Gasteiger partial charge is 0.238 e. The molecule has 0 radical (unpaired) electrons. The van der Waals surface area contributed by atoms with Crippen molar-refractivity contribution in [1.29, 1.82) is 0 Å². The molecule has 2 atom stereocenters. The number of amides is 2. The van der Waals surface area contributed by atoms with Crippen LogP contribution in [0.4, 0.5) is 0 Å². The number of carbonyl (C=O) groups is 2. The first-order valence-corrected chi connectivity index (χ1v) is 6.14. The normalized spacial score (nSPS) is 24.1. The van der Waals surface area contributed by atoms with Gasteiger partial charge in [-0.1, -0.05) is 0 Å². The Labute approximate surface area is 102 Å². The summed E-state index contributed by atoms with van der Waals surface area (Å²) in [6, 6.07) is 0.204. The summed E-state index contributed by atoms with van der Waals surface area (Å²) in [6.45, 7) is 6.37. The number of carbonyl (C=O) groups excluding carboxylic acids is 2. The Kier molecular flexibility index (Phi) is 5.93. The molecule has 1 heterocycles. The van der Waals surface area contributed by atoms with Crippen LogP contribution in [0.1, 0.15) is 20.3 Å². The zero-order valence-electron chi connectivity index (χ0n) is 10.5. The highest BCUT2D eigenvalue weighted by Crippen LogP contribution is 1.93.